The Morgan fingerprint density at radius 2 is 2.33 bits per heavy atom. The molecule has 0 amide bonds. The lowest BCUT2D eigenvalue weighted by Gasteiger charge is -2.10. The Hall–Kier alpha value is -0.505. The van der Waals surface area contributed by atoms with Gasteiger partial charge in [-0.3, -0.25) is 4.79 Å². The molecule has 0 aromatic rings. The van der Waals surface area contributed by atoms with Crippen LogP contribution in [-0.2, 0) is 4.79 Å². The zero-order chi connectivity index (χ0) is 7.28. The molecule has 0 rings (SSSR count). The van der Waals surface area contributed by atoms with Gasteiger partial charge in [-0.1, -0.05) is 6.82 Å². The first-order valence-corrected chi connectivity index (χ1v) is 2.85. The Labute approximate surface area is 55.9 Å². The molecular formula is C5H11BNO2. The minimum Gasteiger partial charge on any atom is -0.480 e. The van der Waals surface area contributed by atoms with Gasteiger partial charge < -0.3 is 10.0 Å². The van der Waals surface area contributed by atoms with E-state index in [-0.39, 0.29) is 6.54 Å². The Bertz CT molecular complexity index is 97.0. The van der Waals surface area contributed by atoms with E-state index in [0.717, 1.165) is 6.44 Å². The number of carbonyl (C=O) groups is 1. The second-order valence-corrected chi connectivity index (χ2v) is 2.00. The summed E-state index contributed by atoms with van der Waals surface area (Å²) in [6, 6.07) is 0. The molecule has 1 radical (unpaired) electrons. The maximum Gasteiger partial charge on any atom is 0.317 e. The highest BCUT2D eigenvalue weighted by atomic mass is 16.4. The summed E-state index contributed by atoms with van der Waals surface area (Å²) >= 11 is 0. The van der Waals surface area contributed by atoms with E-state index in [1.54, 1.807) is 11.9 Å². The zero-order valence-electron chi connectivity index (χ0n) is 5.79. The predicted molar refractivity (Wildman–Crippen MR) is 36.8 cm³/mol. The second-order valence-electron chi connectivity index (χ2n) is 2.00. The minimum absolute atomic E-state index is 0.115. The molecule has 0 saturated carbocycles. The number of likely N-dealkylation sites (N-methyl/N-ethyl adjacent to an activating group) is 1. The van der Waals surface area contributed by atoms with Crippen molar-refractivity contribution in [3.05, 3.63) is 0 Å². The number of carboxylic acids is 1. The zero-order valence-corrected chi connectivity index (χ0v) is 5.79. The topological polar surface area (TPSA) is 40.5 Å². The first-order valence-electron chi connectivity index (χ1n) is 2.85. The van der Waals surface area contributed by atoms with E-state index in [2.05, 4.69) is 0 Å². The van der Waals surface area contributed by atoms with Gasteiger partial charge in [0.2, 0.25) is 0 Å². The lowest BCUT2D eigenvalue weighted by Crippen LogP contribution is -2.28. The average Bonchev–Trinajstić information content (AvgIpc) is 1.63. The first-order chi connectivity index (χ1) is 4.16. The lowest BCUT2D eigenvalue weighted by molar-refractivity contribution is -0.137. The third-order valence-corrected chi connectivity index (χ3v) is 0.899. The maximum atomic E-state index is 10.0. The Balaban J connectivity index is 3.26. The summed E-state index contributed by atoms with van der Waals surface area (Å²) < 4.78 is 0. The SMILES string of the molecule is C[B]CN(C)CC(=O)O. The third-order valence-electron chi connectivity index (χ3n) is 0.899. The minimum atomic E-state index is -0.778. The van der Waals surface area contributed by atoms with E-state index in [1.807, 2.05) is 14.1 Å². The van der Waals surface area contributed by atoms with Crippen LogP contribution in [0.3, 0.4) is 0 Å². The van der Waals surface area contributed by atoms with E-state index in [9.17, 15) is 4.79 Å². The van der Waals surface area contributed by atoms with Crippen LogP contribution in [0.15, 0.2) is 0 Å². The molecule has 1 N–H and O–H groups in total. The molecule has 0 aliphatic heterocycles. The van der Waals surface area contributed by atoms with Gasteiger partial charge >= 0.3 is 5.97 Å². The van der Waals surface area contributed by atoms with E-state index in [1.165, 1.54) is 0 Å². The van der Waals surface area contributed by atoms with Gasteiger partial charge in [0, 0.05) is 0 Å². The summed E-state index contributed by atoms with van der Waals surface area (Å²) in [6.45, 7) is 2.02. The fourth-order valence-electron chi connectivity index (χ4n) is 0.607. The number of hydrogen-bond acceptors (Lipinski definition) is 2. The predicted octanol–water partition coefficient (Wildman–Crippen LogP) is -0.287. The van der Waals surface area contributed by atoms with Crippen LogP contribution in [0.2, 0.25) is 6.82 Å². The van der Waals surface area contributed by atoms with Crippen molar-refractivity contribution < 1.29 is 9.90 Å². The highest BCUT2D eigenvalue weighted by molar-refractivity contribution is 6.33. The van der Waals surface area contributed by atoms with Crippen LogP contribution in [0.25, 0.3) is 0 Å². The van der Waals surface area contributed by atoms with Crippen LogP contribution < -0.4 is 0 Å². The number of carboxylic acid groups (broad SMARTS) is 1. The standard InChI is InChI=1S/C5H11BNO2/c1-6-4-7(2)3-5(8)9/h3-4H2,1-2H3,(H,8,9). The molecule has 0 saturated heterocycles. The highest BCUT2D eigenvalue weighted by Gasteiger charge is 2.00. The van der Waals surface area contributed by atoms with Gasteiger partial charge in [0.1, 0.15) is 7.28 Å². The quantitative estimate of drug-likeness (QED) is 0.529. The first kappa shape index (κ1) is 8.49. The Kier molecular flexibility index (Phi) is 4.14. The van der Waals surface area contributed by atoms with Gasteiger partial charge in [0.15, 0.2) is 0 Å². The van der Waals surface area contributed by atoms with Crippen LogP contribution >= 0.6 is 0 Å². The molecule has 9 heavy (non-hydrogen) atoms. The third kappa shape index (κ3) is 5.36. The molecule has 0 atom stereocenters. The molecule has 0 aliphatic rings. The summed E-state index contributed by atoms with van der Waals surface area (Å²) in [7, 11) is 3.69. The number of aliphatic carboxylic acids is 1. The van der Waals surface area contributed by atoms with Crippen LogP contribution in [-0.4, -0.2) is 43.3 Å². The molecule has 4 heteroatoms. The summed E-state index contributed by atoms with van der Waals surface area (Å²) in [5.74, 6) is -0.778. The fraction of sp³-hybridized carbons (Fsp3) is 0.800. The summed E-state index contributed by atoms with van der Waals surface area (Å²) in [5.41, 5.74) is 0. The van der Waals surface area contributed by atoms with Crippen molar-refractivity contribution in [2.24, 2.45) is 0 Å². The van der Waals surface area contributed by atoms with E-state index in [4.69, 9.17) is 5.11 Å². The van der Waals surface area contributed by atoms with E-state index in [0.29, 0.717) is 0 Å². The van der Waals surface area contributed by atoms with Gasteiger partial charge in [-0.2, -0.15) is 0 Å². The van der Waals surface area contributed by atoms with Crippen molar-refractivity contribution in [3.8, 4) is 0 Å². The molecule has 0 spiro atoms. The summed E-state index contributed by atoms with van der Waals surface area (Å²) in [4.78, 5) is 11.8. The molecule has 3 nitrogen and oxygen atoms in total. The van der Waals surface area contributed by atoms with E-state index < -0.39 is 5.97 Å². The van der Waals surface area contributed by atoms with Crippen LogP contribution in [0.1, 0.15) is 0 Å². The fourth-order valence-corrected chi connectivity index (χ4v) is 0.607. The maximum absolute atomic E-state index is 10.0. The van der Waals surface area contributed by atoms with Crippen molar-refractivity contribution in [2.45, 2.75) is 6.82 Å². The number of rotatable bonds is 4. The smallest absolute Gasteiger partial charge is 0.317 e. The molecule has 51 valence electrons. The van der Waals surface area contributed by atoms with Gasteiger partial charge in [-0.05, 0) is 13.5 Å². The van der Waals surface area contributed by atoms with Gasteiger partial charge in [-0.15, -0.1) is 0 Å². The summed E-state index contributed by atoms with van der Waals surface area (Å²) in [5, 5.41) is 8.25. The van der Waals surface area contributed by atoms with Crippen molar-refractivity contribution in [1.29, 1.82) is 0 Å². The number of hydrogen-bond donors (Lipinski definition) is 1. The molecule has 0 bridgehead atoms. The average molecular weight is 128 g/mol. The van der Waals surface area contributed by atoms with Crippen molar-refractivity contribution in [1.82, 2.24) is 4.90 Å². The molecule has 0 fully saturated rings. The number of nitrogens with zero attached hydrogens (tertiary/aromatic N) is 1. The van der Waals surface area contributed by atoms with Crippen LogP contribution in [0.4, 0.5) is 0 Å². The monoisotopic (exact) mass is 128 g/mol. The molecule has 0 aromatic carbocycles. The van der Waals surface area contributed by atoms with Crippen LogP contribution in [0, 0.1) is 0 Å². The molecule has 0 aromatic heterocycles. The molecule has 0 unspecified atom stereocenters. The van der Waals surface area contributed by atoms with Gasteiger partial charge in [0.05, 0.1) is 6.54 Å². The Morgan fingerprint density at radius 1 is 1.78 bits per heavy atom. The van der Waals surface area contributed by atoms with Crippen LogP contribution in [0.5, 0.6) is 0 Å². The van der Waals surface area contributed by atoms with Crippen molar-refractivity contribution in [2.75, 3.05) is 20.0 Å². The van der Waals surface area contributed by atoms with Crippen molar-refractivity contribution >= 4 is 13.2 Å². The largest absolute Gasteiger partial charge is 0.480 e. The molecule has 0 heterocycles. The van der Waals surface area contributed by atoms with Gasteiger partial charge in [0.25, 0.3) is 0 Å². The Morgan fingerprint density at radius 3 is 2.67 bits per heavy atom. The summed E-state index contributed by atoms with van der Waals surface area (Å²) in [6.07, 6.45) is 0.728. The van der Waals surface area contributed by atoms with Crippen molar-refractivity contribution in [3.63, 3.8) is 0 Å². The van der Waals surface area contributed by atoms with Gasteiger partial charge in [-0.25, -0.2) is 0 Å². The second kappa shape index (κ2) is 4.38. The molecule has 0 aliphatic carbocycles. The van der Waals surface area contributed by atoms with E-state index >= 15 is 0 Å². The lowest BCUT2D eigenvalue weighted by atomic mass is 9.82. The normalized spacial score (nSPS) is 9.67. The highest BCUT2D eigenvalue weighted by Crippen LogP contribution is 1.78. The molecular weight excluding hydrogens is 117 g/mol.